The van der Waals surface area contributed by atoms with Crippen molar-refractivity contribution in [2.45, 2.75) is 67.8 Å². The summed E-state index contributed by atoms with van der Waals surface area (Å²) in [6.45, 7) is 4.54. The molecule has 0 radical (unpaired) electrons. The molecule has 0 saturated carbocycles. The topological polar surface area (TPSA) is 9.23 Å². The lowest BCUT2D eigenvalue weighted by molar-refractivity contribution is -0.0728. The molecule has 0 N–H and O–H groups in total. The van der Waals surface area contributed by atoms with E-state index in [9.17, 15) is 0 Å². The maximum atomic E-state index is 6.46. The third-order valence-electron chi connectivity index (χ3n) is 4.61. The maximum Gasteiger partial charge on any atom is 0.0742 e. The van der Waals surface area contributed by atoms with Crippen LogP contribution in [-0.4, -0.2) is 21.9 Å². The van der Waals surface area contributed by atoms with E-state index in [1.165, 1.54) is 18.4 Å². The van der Waals surface area contributed by atoms with Crippen LogP contribution in [0.25, 0.3) is 0 Å². The van der Waals surface area contributed by atoms with Gasteiger partial charge in [0.15, 0.2) is 0 Å². The van der Waals surface area contributed by atoms with Gasteiger partial charge in [0.05, 0.1) is 17.0 Å². The SMILES string of the molecule is CCC(CC)[C@H]1O[C@@H](CCc2ccccc2)C[C@@H](Br)[C@@H]1Br. The molecule has 118 valence electrons. The Morgan fingerprint density at radius 1 is 1.14 bits per heavy atom. The van der Waals surface area contributed by atoms with Crippen LogP contribution in [0, 0.1) is 5.92 Å². The van der Waals surface area contributed by atoms with Crippen molar-refractivity contribution in [3.8, 4) is 0 Å². The fraction of sp³-hybridized carbons (Fsp3) is 0.667. The second-order valence-corrected chi connectivity index (χ2v) is 8.25. The number of benzene rings is 1. The first-order valence-corrected chi connectivity index (χ1v) is 9.96. The number of halogens is 2. The van der Waals surface area contributed by atoms with Crippen molar-refractivity contribution in [2.75, 3.05) is 0 Å². The van der Waals surface area contributed by atoms with E-state index in [1.54, 1.807) is 0 Å². The van der Waals surface area contributed by atoms with Gasteiger partial charge in [-0.2, -0.15) is 0 Å². The number of hydrogen-bond donors (Lipinski definition) is 0. The smallest absolute Gasteiger partial charge is 0.0742 e. The minimum Gasteiger partial charge on any atom is -0.373 e. The molecule has 1 aromatic carbocycles. The summed E-state index contributed by atoms with van der Waals surface area (Å²) in [6, 6.07) is 10.7. The van der Waals surface area contributed by atoms with Gasteiger partial charge >= 0.3 is 0 Å². The molecule has 21 heavy (non-hydrogen) atoms. The quantitative estimate of drug-likeness (QED) is 0.536. The Balaban J connectivity index is 1.94. The second kappa shape index (κ2) is 8.69. The number of aryl methyl sites for hydroxylation is 1. The second-order valence-electron chi connectivity index (χ2n) is 6.02. The Morgan fingerprint density at radius 3 is 2.43 bits per heavy atom. The van der Waals surface area contributed by atoms with Crippen LogP contribution < -0.4 is 0 Å². The van der Waals surface area contributed by atoms with Crippen molar-refractivity contribution < 1.29 is 4.74 Å². The average molecular weight is 418 g/mol. The van der Waals surface area contributed by atoms with Gasteiger partial charge in [0.2, 0.25) is 0 Å². The molecule has 1 aromatic rings. The summed E-state index contributed by atoms with van der Waals surface area (Å²) >= 11 is 7.71. The molecule has 0 bridgehead atoms. The zero-order chi connectivity index (χ0) is 15.2. The molecule has 1 fully saturated rings. The molecule has 1 heterocycles. The van der Waals surface area contributed by atoms with Crippen molar-refractivity contribution in [1.82, 2.24) is 0 Å². The van der Waals surface area contributed by atoms with Gasteiger partial charge in [-0.15, -0.1) is 0 Å². The van der Waals surface area contributed by atoms with E-state index in [-0.39, 0.29) is 0 Å². The lowest BCUT2D eigenvalue weighted by atomic mass is 9.89. The Kier molecular flexibility index (Phi) is 7.24. The monoisotopic (exact) mass is 416 g/mol. The van der Waals surface area contributed by atoms with E-state index in [4.69, 9.17) is 4.74 Å². The molecule has 0 amide bonds. The number of alkyl halides is 2. The molecule has 0 aliphatic carbocycles. The maximum absolute atomic E-state index is 6.46. The van der Waals surface area contributed by atoms with E-state index in [2.05, 4.69) is 76.0 Å². The fourth-order valence-electron chi connectivity index (χ4n) is 3.22. The van der Waals surface area contributed by atoms with E-state index >= 15 is 0 Å². The fourth-order valence-corrected chi connectivity index (χ4v) is 4.71. The van der Waals surface area contributed by atoms with Crippen LogP contribution in [0.4, 0.5) is 0 Å². The van der Waals surface area contributed by atoms with Gasteiger partial charge in [0.1, 0.15) is 0 Å². The van der Waals surface area contributed by atoms with Crippen molar-refractivity contribution in [2.24, 2.45) is 5.92 Å². The van der Waals surface area contributed by atoms with Crippen molar-refractivity contribution in [3.05, 3.63) is 35.9 Å². The van der Waals surface area contributed by atoms with Gasteiger partial charge in [-0.1, -0.05) is 88.9 Å². The van der Waals surface area contributed by atoms with Gasteiger partial charge in [-0.3, -0.25) is 0 Å². The van der Waals surface area contributed by atoms with Gasteiger partial charge in [0.25, 0.3) is 0 Å². The third-order valence-corrected chi connectivity index (χ3v) is 7.42. The molecular formula is C18H26Br2O. The number of hydrogen-bond acceptors (Lipinski definition) is 1. The van der Waals surface area contributed by atoms with Crippen LogP contribution in [-0.2, 0) is 11.2 Å². The predicted molar refractivity (Wildman–Crippen MR) is 97.5 cm³/mol. The molecule has 0 unspecified atom stereocenters. The summed E-state index contributed by atoms with van der Waals surface area (Å²) in [7, 11) is 0. The van der Waals surface area contributed by atoms with E-state index in [0.717, 1.165) is 19.3 Å². The first-order valence-electron chi connectivity index (χ1n) is 8.13. The third kappa shape index (κ3) is 4.80. The first-order chi connectivity index (χ1) is 10.2. The van der Waals surface area contributed by atoms with Crippen LogP contribution in [0.5, 0.6) is 0 Å². The molecule has 0 spiro atoms. The molecule has 1 nitrogen and oxygen atoms in total. The van der Waals surface area contributed by atoms with E-state index < -0.39 is 0 Å². The Labute approximate surface area is 146 Å². The number of ether oxygens (including phenoxy) is 1. The summed E-state index contributed by atoms with van der Waals surface area (Å²) in [6.07, 6.45) is 6.39. The molecule has 3 heteroatoms. The van der Waals surface area contributed by atoms with Gasteiger partial charge < -0.3 is 4.74 Å². The minimum atomic E-state index is 0.332. The highest BCUT2D eigenvalue weighted by atomic mass is 79.9. The molecule has 1 saturated heterocycles. The Hall–Kier alpha value is 0.140. The van der Waals surface area contributed by atoms with Crippen LogP contribution in [0.2, 0.25) is 0 Å². The Bertz CT molecular complexity index is 403. The molecule has 1 aliphatic rings. The summed E-state index contributed by atoms with van der Waals surface area (Å²) in [5.41, 5.74) is 1.41. The molecule has 4 atom stereocenters. The van der Waals surface area contributed by atoms with Crippen molar-refractivity contribution in [3.63, 3.8) is 0 Å². The molecular weight excluding hydrogens is 392 g/mol. The zero-order valence-corrected chi connectivity index (χ0v) is 16.1. The minimum absolute atomic E-state index is 0.332. The summed E-state index contributed by atoms with van der Waals surface area (Å²) in [5.74, 6) is 0.647. The molecule has 2 rings (SSSR count). The van der Waals surface area contributed by atoms with Crippen LogP contribution >= 0.6 is 31.9 Å². The molecule has 0 aromatic heterocycles. The predicted octanol–water partition coefficient (Wildman–Crippen LogP) is 5.74. The van der Waals surface area contributed by atoms with Crippen LogP contribution in [0.3, 0.4) is 0 Å². The zero-order valence-electron chi connectivity index (χ0n) is 13.0. The standard InChI is InChI=1S/C18H26Br2O/c1-3-14(4-2)18-17(20)16(19)12-15(21-18)11-10-13-8-6-5-7-9-13/h5-9,14-18H,3-4,10-12H2,1-2H3/t15-,16+,17-,18+/m0/s1. The highest BCUT2D eigenvalue weighted by molar-refractivity contribution is 9.12. The summed E-state index contributed by atoms with van der Waals surface area (Å²) < 4.78 is 6.46. The summed E-state index contributed by atoms with van der Waals surface area (Å²) in [4.78, 5) is 0.938. The normalized spacial score (nSPS) is 29.8. The average Bonchev–Trinajstić information content (AvgIpc) is 2.51. The summed E-state index contributed by atoms with van der Waals surface area (Å²) in [5, 5.41) is 0. The number of rotatable bonds is 6. The van der Waals surface area contributed by atoms with Gasteiger partial charge in [0, 0.05) is 4.83 Å². The van der Waals surface area contributed by atoms with E-state index in [1.807, 2.05) is 0 Å². The first kappa shape index (κ1) is 17.5. The van der Waals surface area contributed by atoms with Crippen LogP contribution in [0.1, 0.15) is 45.1 Å². The van der Waals surface area contributed by atoms with E-state index in [0.29, 0.717) is 27.8 Å². The highest BCUT2D eigenvalue weighted by Gasteiger charge is 2.38. The molecule has 1 aliphatic heterocycles. The highest BCUT2D eigenvalue weighted by Crippen LogP contribution is 2.37. The largest absolute Gasteiger partial charge is 0.373 e. The lowest BCUT2D eigenvalue weighted by Crippen LogP contribution is -2.46. The van der Waals surface area contributed by atoms with Crippen molar-refractivity contribution >= 4 is 31.9 Å². The van der Waals surface area contributed by atoms with Gasteiger partial charge in [-0.05, 0) is 30.7 Å². The van der Waals surface area contributed by atoms with Gasteiger partial charge in [-0.25, -0.2) is 0 Å². The Morgan fingerprint density at radius 2 is 1.81 bits per heavy atom. The van der Waals surface area contributed by atoms with Crippen LogP contribution in [0.15, 0.2) is 30.3 Å². The van der Waals surface area contributed by atoms with Crippen molar-refractivity contribution in [1.29, 1.82) is 0 Å². The lowest BCUT2D eigenvalue weighted by Gasteiger charge is -2.41.